The second-order valence-corrected chi connectivity index (χ2v) is 8.28. The van der Waals surface area contributed by atoms with Crippen molar-refractivity contribution >= 4 is 49.7 Å². The van der Waals surface area contributed by atoms with Crippen LogP contribution in [-0.4, -0.2) is 11.8 Å². The van der Waals surface area contributed by atoms with Crippen molar-refractivity contribution in [3.05, 3.63) is 97.6 Å². The molecule has 29 heavy (non-hydrogen) atoms. The largest absolute Gasteiger partial charge is 0.452 e. The van der Waals surface area contributed by atoms with Crippen LogP contribution in [0.2, 0.25) is 0 Å². The molecule has 0 saturated heterocycles. The van der Waals surface area contributed by atoms with Crippen LogP contribution in [0.15, 0.2) is 75.4 Å². The topological polar surface area (TPSA) is 52.6 Å². The predicted molar refractivity (Wildman–Crippen MR) is 117 cm³/mol. The first-order chi connectivity index (χ1) is 13.9. The van der Waals surface area contributed by atoms with E-state index in [0.29, 0.717) is 28.2 Å². The van der Waals surface area contributed by atoms with Gasteiger partial charge in [0.1, 0.15) is 11.5 Å². The van der Waals surface area contributed by atoms with E-state index in [1.165, 1.54) is 0 Å². The Labute approximate surface area is 184 Å². The number of rotatable bonds is 3. The quantitative estimate of drug-likeness (QED) is 0.232. The maximum absolute atomic E-state index is 12.7. The summed E-state index contributed by atoms with van der Waals surface area (Å²) in [6.45, 7) is 1.76. The fourth-order valence-corrected chi connectivity index (χ4v) is 3.46. The van der Waals surface area contributed by atoms with Crippen LogP contribution in [0, 0.1) is 6.92 Å². The summed E-state index contributed by atoms with van der Waals surface area (Å²) in [7, 11) is 0. The maximum atomic E-state index is 12.7. The lowest BCUT2D eigenvalue weighted by molar-refractivity contribution is 0.0733. The zero-order valence-corrected chi connectivity index (χ0v) is 18.4. The third-order valence-electron chi connectivity index (χ3n) is 4.49. The van der Waals surface area contributed by atoms with Crippen LogP contribution in [0.4, 0.5) is 0 Å². The first kappa shape index (κ1) is 19.6. The third kappa shape index (κ3) is 4.04. The molecule has 3 aromatic rings. The first-order valence-electron chi connectivity index (χ1n) is 8.73. The molecule has 0 aliphatic carbocycles. The van der Waals surface area contributed by atoms with Gasteiger partial charge in [0.15, 0.2) is 5.76 Å². The average molecular weight is 514 g/mol. The van der Waals surface area contributed by atoms with Gasteiger partial charge in [-0.2, -0.15) is 0 Å². The Balaban J connectivity index is 1.60. The zero-order chi connectivity index (χ0) is 20.5. The summed E-state index contributed by atoms with van der Waals surface area (Å²) in [6, 6.07) is 17.7. The SMILES string of the molecule is Cc1c(OC(=O)c2ccc(Br)cc2)ccc2c1O/C(=C\c1ccc(Br)cc1)C2=O. The summed E-state index contributed by atoms with van der Waals surface area (Å²) in [4.78, 5) is 25.1. The lowest BCUT2D eigenvalue weighted by Gasteiger charge is -2.10. The van der Waals surface area contributed by atoms with E-state index in [9.17, 15) is 9.59 Å². The molecule has 0 fully saturated rings. The number of benzene rings is 3. The summed E-state index contributed by atoms with van der Waals surface area (Å²) < 4.78 is 13.2. The minimum atomic E-state index is -0.476. The van der Waals surface area contributed by atoms with Crippen LogP contribution in [0.3, 0.4) is 0 Å². The number of halogens is 2. The molecule has 3 aromatic carbocycles. The van der Waals surface area contributed by atoms with Gasteiger partial charge < -0.3 is 9.47 Å². The Morgan fingerprint density at radius 2 is 1.55 bits per heavy atom. The van der Waals surface area contributed by atoms with E-state index in [1.807, 2.05) is 24.3 Å². The number of ketones is 1. The number of esters is 1. The molecule has 6 heteroatoms. The number of Topliss-reactive ketones (excluding diaryl/α,β-unsaturated/α-hetero) is 1. The minimum Gasteiger partial charge on any atom is -0.452 e. The fraction of sp³-hybridized carbons (Fsp3) is 0.0435. The number of fused-ring (bicyclic) bond motifs is 1. The molecule has 0 unspecified atom stereocenters. The van der Waals surface area contributed by atoms with Crippen molar-refractivity contribution in [3.63, 3.8) is 0 Å². The van der Waals surface area contributed by atoms with Crippen molar-refractivity contribution in [3.8, 4) is 11.5 Å². The lowest BCUT2D eigenvalue weighted by Crippen LogP contribution is -2.09. The Bertz CT molecular complexity index is 1150. The molecule has 1 heterocycles. The van der Waals surface area contributed by atoms with Gasteiger partial charge in [0.05, 0.1) is 11.1 Å². The summed E-state index contributed by atoms with van der Waals surface area (Å²) in [5.41, 5.74) is 2.33. The highest BCUT2D eigenvalue weighted by molar-refractivity contribution is 9.10. The van der Waals surface area contributed by atoms with Gasteiger partial charge in [-0.1, -0.05) is 44.0 Å². The van der Waals surface area contributed by atoms with Crippen LogP contribution in [0.5, 0.6) is 11.5 Å². The molecule has 1 aliphatic rings. The van der Waals surface area contributed by atoms with E-state index in [0.717, 1.165) is 14.5 Å². The summed E-state index contributed by atoms with van der Waals surface area (Å²) >= 11 is 6.72. The molecule has 4 nitrogen and oxygen atoms in total. The van der Waals surface area contributed by atoms with Crippen molar-refractivity contribution < 1.29 is 19.1 Å². The number of hydrogen-bond donors (Lipinski definition) is 0. The number of ether oxygens (including phenoxy) is 2. The van der Waals surface area contributed by atoms with Gasteiger partial charge in [0.2, 0.25) is 5.78 Å². The second kappa shape index (κ2) is 7.97. The van der Waals surface area contributed by atoms with Crippen molar-refractivity contribution in [1.82, 2.24) is 0 Å². The summed E-state index contributed by atoms with van der Waals surface area (Å²) in [5, 5.41) is 0. The van der Waals surface area contributed by atoms with Crippen LogP contribution in [0.1, 0.15) is 31.8 Å². The summed E-state index contributed by atoms with van der Waals surface area (Å²) in [6.07, 6.45) is 1.70. The van der Waals surface area contributed by atoms with Gasteiger partial charge in [-0.3, -0.25) is 4.79 Å². The van der Waals surface area contributed by atoms with Crippen LogP contribution in [0.25, 0.3) is 6.08 Å². The molecule has 0 saturated carbocycles. The van der Waals surface area contributed by atoms with E-state index in [-0.39, 0.29) is 11.5 Å². The summed E-state index contributed by atoms with van der Waals surface area (Å²) in [5.74, 6) is 0.336. The average Bonchev–Trinajstić information content (AvgIpc) is 3.03. The molecule has 0 bridgehead atoms. The number of carbonyl (C=O) groups is 2. The maximum Gasteiger partial charge on any atom is 0.343 e. The molecular weight excluding hydrogens is 500 g/mol. The van der Waals surface area contributed by atoms with E-state index in [4.69, 9.17) is 9.47 Å². The lowest BCUT2D eigenvalue weighted by atomic mass is 10.1. The highest BCUT2D eigenvalue weighted by Gasteiger charge is 2.30. The molecule has 1 aliphatic heterocycles. The van der Waals surface area contributed by atoms with Crippen molar-refractivity contribution in [2.75, 3.05) is 0 Å². The van der Waals surface area contributed by atoms with Gasteiger partial charge in [0, 0.05) is 14.5 Å². The van der Waals surface area contributed by atoms with Gasteiger partial charge in [0.25, 0.3) is 0 Å². The molecule has 144 valence electrons. The fourth-order valence-electron chi connectivity index (χ4n) is 2.93. The van der Waals surface area contributed by atoms with Crippen LogP contribution in [-0.2, 0) is 0 Å². The second-order valence-electron chi connectivity index (χ2n) is 6.45. The first-order valence-corrected chi connectivity index (χ1v) is 10.3. The number of hydrogen-bond acceptors (Lipinski definition) is 4. The van der Waals surface area contributed by atoms with Crippen LogP contribution < -0.4 is 9.47 Å². The molecule has 0 amide bonds. The Kier molecular flexibility index (Phi) is 5.39. The van der Waals surface area contributed by atoms with Crippen LogP contribution >= 0.6 is 31.9 Å². The minimum absolute atomic E-state index is 0.197. The van der Waals surface area contributed by atoms with Crippen molar-refractivity contribution in [2.45, 2.75) is 6.92 Å². The predicted octanol–water partition coefficient (Wildman–Crippen LogP) is 6.36. The number of allylic oxidation sites excluding steroid dienone is 1. The number of carbonyl (C=O) groups excluding carboxylic acids is 2. The van der Waals surface area contributed by atoms with Gasteiger partial charge in [-0.15, -0.1) is 0 Å². The van der Waals surface area contributed by atoms with E-state index < -0.39 is 5.97 Å². The van der Waals surface area contributed by atoms with E-state index in [2.05, 4.69) is 31.9 Å². The van der Waals surface area contributed by atoms with E-state index in [1.54, 1.807) is 49.4 Å². The standard InChI is InChI=1S/C23H14Br2O4/c1-13-19(29-23(27)15-4-8-17(25)9-5-15)11-10-18-21(26)20(28-22(13)18)12-14-2-6-16(24)7-3-14/h2-12H,1H3/b20-12-. The highest BCUT2D eigenvalue weighted by atomic mass is 79.9. The van der Waals surface area contributed by atoms with Crippen molar-refractivity contribution in [2.24, 2.45) is 0 Å². The van der Waals surface area contributed by atoms with Gasteiger partial charge >= 0.3 is 5.97 Å². The molecule has 0 N–H and O–H groups in total. The Morgan fingerprint density at radius 1 is 0.931 bits per heavy atom. The van der Waals surface area contributed by atoms with Gasteiger partial charge in [-0.05, 0) is 67.1 Å². The monoisotopic (exact) mass is 512 g/mol. The van der Waals surface area contributed by atoms with Gasteiger partial charge in [-0.25, -0.2) is 4.79 Å². The Hall–Kier alpha value is -2.70. The normalized spacial score (nSPS) is 13.9. The molecule has 0 atom stereocenters. The molecule has 4 rings (SSSR count). The smallest absolute Gasteiger partial charge is 0.343 e. The molecule has 0 radical (unpaired) electrons. The third-order valence-corrected chi connectivity index (χ3v) is 5.54. The highest BCUT2D eigenvalue weighted by Crippen LogP contribution is 2.39. The van der Waals surface area contributed by atoms with Crippen molar-refractivity contribution in [1.29, 1.82) is 0 Å². The zero-order valence-electron chi connectivity index (χ0n) is 15.2. The van der Waals surface area contributed by atoms with E-state index >= 15 is 0 Å². The molecule has 0 aromatic heterocycles. The molecule has 0 spiro atoms. The molecular formula is C23H14Br2O4. The Morgan fingerprint density at radius 3 is 2.21 bits per heavy atom.